The summed E-state index contributed by atoms with van der Waals surface area (Å²) < 4.78 is 4.79. The van der Waals surface area contributed by atoms with Gasteiger partial charge < -0.3 is 15.0 Å². The van der Waals surface area contributed by atoms with Crippen molar-refractivity contribution in [2.24, 2.45) is 0 Å². The van der Waals surface area contributed by atoms with Crippen LogP contribution < -0.4 is 15.5 Å². The van der Waals surface area contributed by atoms with Gasteiger partial charge in [-0.05, 0) is 18.9 Å². The number of carbonyl (C=O) groups excluding carboxylic acids is 3. The van der Waals surface area contributed by atoms with Crippen LogP contribution in [0.3, 0.4) is 0 Å². The third-order valence-corrected chi connectivity index (χ3v) is 2.79. The highest BCUT2D eigenvalue weighted by atomic mass is 16.5. The van der Waals surface area contributed by atoms with Crippen LogP contribution in [0.4, 0.5) is 10.7 Å². The summed E-state index contributed by atoms with van der Waals surface area (Å²) in [6, 6.07) is 1.24. The lowest BCUT2D eigenvalue weighted by molar-refractivity contribution is -0.146. The van der Waals surface area contributed by atoms with Gasteiger partial charge in [-0.1, -0.05) is 0 Å². The summed E-state index contributed by atoms with van der Waals surface area (Å²) >= 11 is 0. The van der Waals surface area contributed by atoms with Gasteiger partial charge in [0.1, 0.15) is 6.54 Å². The van der Waals surface area contributed by atoms with Crippen LogP contribution in [0.5, 0.6) is 0 Å². The van der Waals surface area contributed by atoms with E-state index in [2.05, 4.69) is 20.6 Å². The van der Waals surface area contributed by atoms with Crippen molar-refractivity contribution >= 4 is 23.9 Å². The number of hydrogen-bond acceptors (Lipinski definition) is 7. The lowest BCUT2D eigenvalue weighted by Gasteiger charge is -2.15. The van der Waals surface area contributed by atoms with Crippen LogP contribution in [0.25, 0.3) is 0 Å². The number of rotatable bonds is 6. The lowest BCUT2D eigenvalue weighted by atomic mass is 10.5. The fourth-order valence-corrected chi connectivity index (χ4v) is 1.56. The number of amides is 3. The van der Waals surface area contributed by atoms with Crippen LogP contribution in [0, 0.1) is 0 Å². The first-order valence-corrected chi connectivity index (χ1v) is 6.78. The molecular formula is C13H17N5O4. The van der Waals surface area contributed by atoms with E-state index in [4.69, 9.17) is 4.74 Å². The van der Waals surface area contributed by atoms with Gasteiger partial charge in [0.25, 0.3) is 5.91 Å². The first-order valence-electron chi connectivity index (χ1n) is 6.78. The maximum atomic E-state index is 11.6. The molecule has 1 saturated carbocycles. The van der Waals surface area contributed by atoms with E-state index in [-0.39, 0.29) is 12.6 Å². The number of nitrogens with zero attached hydrogens (tertiary/aromatic N) is 3. The third-order valence-electron chi connectivity index (χ3n) is 2.79. The van der Waals surface area contributed by atoms with E-state index in [1.807, 2.05) is 0 Å². The molecule has 1 fully saturated rings. The Morgan fingerprint density at radius 3 is 2.64 bits per heavy atom. The number of carbonyl (C=O) groups is 3. The van der Waals surface area contributed by atoms with Crippen molar-refractivity contribution in [3.63, 3.8) is 0 Å². The van der Waals surface area contributed by atoms with Crippen molar-refractivity contribution in [1.82, 2.24) is 20.6 Å². The Kier molecular flexibility index (Phi) is 5.23. The third kappa shape index (κ3) is 5.35. The van der Waals surface area contributed by atoms with Crippen LogP contribution in [-0.2, 0) is 14.3 Å². The van der Waals surface area contributed by atoms with E-state index in [1.165, 1.54) is 4.90 Å². The minimum absolute atomic E-state index is 0.106. The maximum Gasteiger partial charge on any atom is 0.326 e. The van der Waals surface area contributed by atoms with Crippen molar-refractivity contribution < 1.29 is 19.1 Å². The second-order valence-electron chi connectivity index (χ2n) is 4.86. The van der Waals surface area contributed by atoms with Gasteiger partial charge in [0.05, 0.1) is 0 Å². The minimum atomic E-state index is -0.676. The van der Waals surface area contributed by atoms with Crippen LogP contribution in [-0.4, -0.2) is 54.1 Å². The molecule has 1 aromatic heterocycles. The Labute approximate surface area is 127 Å². The predicted octanol–water partition coefficient (Wildman–Crippen LogP) is -0.556. The molecule has 0 aliphatic heterocycles. The molecule has 22 heavy (non-hydrogen) atoms. The van der Waals surface area contributed by atoms with Gasteiger partial charge in [-0.25, -0.2) is 14.8 Å². The number of esters is 1. The van der Waals surface area contributed by atoms with E-state index in [1.54, 1.807) is 25.5 Å². The van der Waals surface area contributed by atoms with Crippen molar-refractivity contribution in [1.29, 1.82) is 0 Å². The van der Waals surface area contributed by atoms with E-state index in [9.17, 15) is 14.4 Å². The molecule has 0 spiro atoms. The molecule has 1 aromatic rings. The first kappa shape index (κ1) is 15.7. The molecule has 0 bridgehead atoms. The second kappa shape index (κ2) is 7.34. The van der Waals surface area contributed by atoms with E-state index < -0.39 is 24.5 Å². The predicted molar refractivity (Wildman–Crippen MR) is 76.0 cm³/mol. The van der Waals surface area contributed by atoms with Crippen LogP contribution in [0.15, 0.2) is 18.5 Å². The molecule has 9 nitrogen and oxygen atoms in total. The smallest absolute Gasteiger partial charge is 0.326 e. The van der Waals surface area contributed by atoms with Gasteiger partial charge in [0.15, 0.2) is 6.61 Å². The molecule has 118 valence electrons. The van der Waals surface area contributed by atoms with E-state index in [0.29, 0.717) is 5.95 Å². The Hall–Kier alpha value is -2.71. The zero-order valence-electron chi connectivity index (χ0n) is 12.1. The largest absolute Gasteiger partial charge is 0.454 e. The fraction of sp³-hybridized carbons (Fsp3) is 0.462. The molecular weight excluding hydrogens is 290 g/mol. The highest BCUT2D eigenvalue weighted by Crippen LogP contribution is 2.18. The monoisotopic (exact) mass is 307 g/mol. The summed E-state index contributed by atoms with van der Waals surface area (Å²) in [6.45, 7) is -0.619. The molecule has 1 aliphatic rings. The summed E-state index contributed by atoms with van der Waals surface area (Å²) in [7, 11) is 1.62. The first-order chi connectivity index (χ1) is 10.5. The fourth-order valence-electron chi connectivity index (χ4n) is 1.56. The van der Waals surface area contributed by atoms with Crippen molar-refractivity contribution in [3.05, 3.63) is 18.5 Å². The number of ether oxygens (including phenoxy) is 1. The minimum Gasteiger partial charge on any atom is -0.454 e. The van der Waals surface area contributed by atoms with Crippen LogP contribution >= 0.6 is 0 Å². The Bertz CT molecular complexity index is 547. The topological polar surface area (TPSA) is 114 Å². The average Bonchev–Trinajstić information content (AvgIpc) is 3.29. The summed E-state index contributed by atoms with van der Waals surface area (Å²) in [6.07, 6.45) is 4.95. The summed E-state index contributed by atoms with van der Waals surface area (Å²) in [4.78, 5) is 43.8. The van der Waals surface area contributed by atoms with Crippen molar-refractivity contribution in [2.45, 2.75) is 18.9 Å². The summed E-state index contributed by atoms with van der Waals surface area (Å²) in [5, 5.41) is 4.68. The molecule has 2 N–H and O–H groups in total. The Morgan fingerprint density at radius 2 is 2.00 bits per heavy atom. The highest BCUT2D eigenvalue weighted by molar-refractivity contribution is 5.95. The molecule has 1 aliphatic carbocycles. The number of hydrogen-bond donors (Lipinski definition) is 2. The maximum absolute atomic E-state index is 11.6. The molecule has 0 unspecified atom stereocenters. The SMILES string of the molecule is CN(CC(=O)OCC(=O)NC(=O)NC1CC1)c1ncccn1. The number of nitrogens with one attached hydrogen (secondary N) is 2. The van der Waals surface area contributed by atoms with Gasteiger partial charge in [-0.15, -0.1) is 0 Å². The second-order valence-corrected chi connectivity index (χ2v) is 4.86. The molecule has 0 aromatic carbocycles. The van der Waals surface area contributed by atoms with Crippen LogP contribution in [0.1, 0.15) is 12.8 Å². The number of imide groups is 1. The van der Waals surface area contributed by atoms with Crippen molar-refractivity contribution in [2.75, 3.05) is 25.1 Å². The molecule has 0 radical (unpaired) electrons. The molecule has 0 atom stereocenters. The van der Waals surface area contributed by atoms with E-state index >= 15 is 0 Å². The molecule has 3 amide bonds. The number of likely N-dealkylation sites (N-methyl/N-ethyl adjacent to an activating group) is 1. The average molecular weight is 307 g/mol. The number of anilines is 1. The molecule has 0 saturated heterocycles. The van der Waals surface area contributed by atoms with Crippen molar-refractivity contribution in [3.8, 4) is 0 Å². The number of aromatic nitrogens is 2. The number of urea groups is 1. The van der Waals surface area contributed by atoms with Gasteiger partial charge in [0.2, 0.25) is 5.95 Å². The zero-order chi connectivity index (χ0) is 15.9. The lowest BCUT2D eigenvalue weighted by Crippen LogP contribution is -2.42. The quantitative estimate of drug-likeness (QED) is 0.677. The normalized spacial score (nSPS) is 13.1. The Morgan fingerprint density at radius 1 is 1.32 bits per heavy atom. The summed E-state index contributed by atoms with van der Waals surface area (Å²) in [5.41, 5.74) is 0. The van der Waals surface area contributed by atoms with Gasteiger partial charge in [-0.3, -0.25) is 14.9 Å². The van der Waals surface area contributed by atoms with E-state index in [0.717, 1.165) is 12.8 Å². The molecule has 1 heterocycles. The standard InChI is InChI=1S/C13H17N5O4/c1-18(12-14-5-2-6-15-12)7-11(20)22-8-10(19)17-13(21)16-9-3-4-9/h2,5-6,9H,3-4,7-8H2,1H3,(H2,16,17,19,21). The molecule has 9 heteroatoms. The molecule has 2 rings (SSSR count). The van der Waals surface area contributed by atoms with Gasteiger partial charge in [-0.2, -0.15) is 0 Å². The van der Waals surface area contributed by atoms with Crippen LogP contribution in [0.2, 0.25) is 0 Å². The highest BCUT2D eigenvalue weighted by Gasteiger charge is 2.24. The zero-order valence-corrected chi connectivity index (χ0v) is 12.1. The summed E-state index contributed by atoms with van der Waals surface area (Å²) in [5.74, 6) is -0.925. The van der Waals surface area contributed by atoms with Gasteiger partial charge in [0, 0.05) is 25.5 Å². The Balaban J connectivity index is 1.66. The van der Waals surface area contributed by atoms with Gasteiger partial charge >= 0.3 is 12.0 Å².